The van der Waals surface area contributed by atoms with Gasteiger partial charge in [0.05, 0.1) is 25.0 Å². The number of ether oxygens (including phenoxy) is 1. The third-order valence-electron chi connectivity index (χ3n) is 3.65. The first-order valence-corrected chi connectivity index (χ1v) is 8.43. The van der Waals surface area contributed by atoms with Gasteiger partial charge in [0.2, 0.25) is 5.95 Å². The second kappa shape index (κ2) is 5.89. The van der Waals surface area contributed by atoms with E-state index >= 15 is 0 Å². The fraction of sp³-hybridized carbons (Fsp3) is 0.500. The van der Waals surface area contributed by atoms with Crippen molar-refractivity contribution in [3.05, 3.63) is 27.1 Å². The van der Waals surface area contributed by atoms with E-state index in [9.17, 15) is 19.1 Å². The summed E-state index contributed by atoms with van der Waals surface area (Å²) in [4.78, 5) is 43.2. The Morgan fingerprint density at radius 3 is 3.04 bits per heavy atom. The van der Waals surface area contributed by atoms with E-state index in [0.29, 0.717) is 0 Å². The molecule has 3 atom stereocenters. The van der Waals surface area contributed by atoms with Crippen molar-refractivity contribution in [2.24, 2.45) is 5.11 Å². The fourth-order valence-electron chi connectivity index (χ4n) is 2.57. The maximum absolute atomic E-state index is 11.7. The number of azide groups is 1. The monoisotopic (exact) mass is 356 g/mol. The zero-order valence-electron chi connectivity index (χ0n) is 12.1. The summed E-state index contributed by atoms with van der Waals surface area (Å²) < 4.78 is 18.2. The number of anilines is 1. The number of aromatic nitrogens is 4. The predicted molar refractivity (Wildman–Crippen MR) is 80.8 cm³/mol. The van der Waals surface area contributed by atoms with Crippen LogP contribution in [0.5, 0.6) is 0 Å². The molecule has 14 heteroatoms. The molecule has 2 aromatic heterocycles. The Bertz CT molecular complexity index is 927. The minimum atomic E-state index is -4.49. The van der Waals surface area contributed by atoms with Gasteiger partial charge < -0.3 is 24.8 Å². The first-order chi connectivity index (χ1) is 11.3. The van der Waals surface area contributed by atoms with Gasteiger partial charge in [0, 0.05) is 4.91 Å². The molecule has 1 fully saturated rings. The Kier molecular flexibility index (Phi) is 4.03. The van der Waals surface area contributed by atoms with Crippen molar-refractivity contribution in [3.63, 3.8) is 0 Å². The van der Waals surface area contributed by atoms with Gasteiger partial charge in [-0.15, -0.1) is 0 Å². The molecule has 0 aliphatic carbocycles. The van der Waals surface area contributed by atoms with Crippen molar-refractivity contribution >= 4 is 24.7 Å². The van der Waals surface area contributed by atoms with Crippen LogP contribution in [-0.4, -0.2) is 47.3 Å². The van der Waals surface area contributed by atoms with Gasteiger partial charge in [-0.2, -0.15) is 4.98 Å². The third-order valence-corrected chi connectivity index (χ3v) is 4.73. The Morgan fingerprint density at radius 1 is 1.62 bits per heavy atom. The van der Waals surface area contributed by atoms with E-state index in [1.807, 2.05) is 0 Å². The average molecular weight is 356 g/mol. The van der Waals surface area contributed by atoms with E-state index in [1.54, 1.807) is 0 Å². The van der Waals surface area contributed by atoms with E-state index < -0.39 is 31.1 Å². The number of hydrogen-bond acceptors (Lipinski definition) is 7. The lowest BCUT2D eigenvalue weighted by atomic mass is 10.1. The maximum Gasteiger partial charge on any atom is 0.354 e. The summed E-state index contributed by atoms with van der Waals surface area (Å²) in [5.74, 6) is -1.45. The Hall–Kier alpha value is -2.43. The van der Waals surface area contributed by atoms with Crippen LogP contribution in [0, 0.1) is 0 Å². The van der Waals surface area contributed by atoms with Gasteiger partial charge in [-0.1, -0.05) is 5.11 Å². The molecule has 2 aromatic rings. The quantitative estimate of drug-likeness (QED) is 0.246. The van der Waals surface area contributed by atoms with Crippen LogP contribution in [0.15, 0.2) is 16.2 Å². The third kappa shape index (κ3) is 2.98. The first-order valence-electron chi connectivity index (χ1n) is 6.75. The molecular weight excluding hydrogens is 343 g/mol. The molecule has 24 heavy (non-hydrogen) atoms. The molecular formula is C10H13N8O5P. The van der Waals surface area contributed by atoms with Gasteiger partial charge in [-0.05, 0) is 12.0 Å². The topological polar surface area (TPSA) is 205 Å². The summed E-state index contributed by atoms with van der Waals surface area (Å²) in [6.07, 6.45) is 0.411. The highest BCUT2D eigenvalue weighted by atomic mass is 31.2. The highest BCUT2D eigenvalue weighted by molar-refractivity contribution is 7.52. The molecule has 13 nitrogen and oxygen atoms in total. The Labute approximate surface area is 133 Å². The van der Waals surface area contributed by atoms with E-state index in [4.69, 9.17) is 16.0 Å². The number of nitrogens with zero attached hydrogens (tertiary/aromatic N) is 6. The van der Waals surface area contributed by atoms with Crippen LogP contribution in [0.4, 0.5) is 5.95 Å². The second-order valence-corrected chi connectivity index (χ2v) is 7.00. The number of rotatable bonds is 4. The summed E-state index contributed by atoms with van der Waals surface area (Å²) in [6, 6.07) is -0.774. The van der Waals surface area contributed by atoms with Crippen molar-refractivity contribution in [3.8, 4) is 0 Å². The highest BCUT2D eigenvalue weighted by Crippen LogP contribution is 2.48. The predicted octanol–water partition coefficient (Wildman–Crippen LogP) is -0.327. The van der Waals surface area contributed by atoms with Crippen LogP contribution in [0.2, 0.25) is 0 Å². The van der Waals surface area contributed by atoms with Crippen LogP contribution >= 0.6 is 7.60 Å². The summed E-state index contributed by atoms with van der Waals surface area (Å²) >= 11 is 0. The summed E-state index contributed by atoms with van der Waals surface area (Å²) in [5.41, 5.74) is 13.9. The van der Waals surface area contributed by atoms with Crippen LogP contribution < -0.4 is 11.3 Å². The first kappa shape index (κ1) is 16.4. The second-order valence-electron chi connectivity index (χ2n) is 5.25. The van der Waals surface area contributed by atoms with Crippen LogP contribution in [-0.2, 0) is 15.8 Å². The molecule has 0 saturated carbocycles. The van der Waals surface area contributed by atoms with Gasteiger partial charge in [0.15, 0.2) is 17.0 Å². The molecule has 3 rings (SSSR count). The molecule has 1 saturated heterocycles. The number of nitrogens with two attached hydrogens (primary N) is 1. The minimum Gasteiger partial charge on any atom is -0.369 e. The minimum absolute atomic E-state index is 0.0343. The van der Waals surface area contributed by atoms with Crippen LogP contribution in [0.25, 0.3) is 21.6 Å². The van der Waals surface area contributed by atoms with E-state index in [1.165, 1.54) is 10.9 Å². The number of nitrogen functional groups attached to an aromatic ring is 1. The number of hydrogen-bond donors (Lipinski definition) is 4. The number of imidazole rings is 1. The van der Waals surface area contributed by atoms with E-state index in [0.717, 1.165) is 0 Å². The highest BCUT2D eigenvalue weighted by Gasteiger charge is 2.43. The van der Waals surface area contributed by atoms with Crippen molar-refractivity contribution in [1.29, 1.82) is 0 Å². The Balaban J connectivity index is 1.93. The van der Waals surface area contributed by atoms with Crippen LogP contribution in [0.1, 0.15) is 6.42 Å². The van der Waals surface area contributed by atoms with Gasteiger partial charge in [-0.3, -0.25) is 14.3 Å². The lowest BCUT2D eigenvalue weighted by molar-refractivity contribution is 0.0576. The molecule has 0 bridgehead atoms. The normalized spacial score (nSPS) is 24.2. The van der Waals surface area contributed by atoms with E-state index in [-0.39, 0.29) is 30.1 Å². The van der Waals surface area contributed by atoms with Crippen molar-refractivity contribution < 1.29 is 19.1 Å². The molecule has 0 unspecified atom stereocenters. The number of nitrogens with one attached hydrogen (secondary N) is 1. The number of H-pyrrole nitrogens is 1. The zero-order valence-corrected chi connectivity index (χ0v) is 12.9. The molecule has 0 radical (unpaired) electrons. The molecule has 0 aromatic carbocycles. The van der Waals surface area contributed by atoms with Crippen molar-refractivity contribution in [1.82, 2.24) is 19.5 Å². The summed E-state index contributed by atoms with van der Waals surface area (Å²) in [7, 11) is -4.49. The SMILES string of the molecule is [N-]=[N+]=N[C@@H]1C[C@@H](P(=O)(O)O)O[C@@H]1Cn1cnc2c(=O)[nH]c(N)nc21. The number of fused-ring (bicyclic) bond motifs is 1. The molecule has 1 aliphatic rings. The number of aromatic amines is 1. The van der Waals surface area contributed by atoms with Crippen LogP contribution in [0.3, 0.4) is 0 Å². The average Bonchev–Trinajstić information content (AvgIpc) is 3.05. The van der Waals surface area contributed by atoms with Crippen molar-refractivity contribution in [2.45, 2.75) is 31.0 Å². The van der Waals surface area contributed by atoms with Gasteiger partial charge in [0.1, 0.15) is 0 Å². The molecule has 0 amide bonds. The van der Waals surface area contributed by atoms with Crippen molar-refractivity contribution in [2.75, 3.05) is 5.73 Å². The lowest BCUT2D eigenvalue weighted by Crippen LogP contribution is -2.25. The Morgan fingerprint density at radius 2 is 2.38 bits per heavy atom. The van der Waals surface area contributed by atoms with Gasteiger partial charge in [0.25, 0.3) is 5.56 Å². The molecule has 0 spiro atoms. The molecule has 1 aliphatic heterocycles. The zero-order chi connectivity index (χ0) is 17.5. The van der Waals surface area contributed by atoms with E-state index in [2.05, 4.69) is 25.0 Å². The van der Waals surface area contributed by atoms with Gasteiger partial charge in [-0.25, -0.2) is 4.98 Å². The standard InChI is InChI=1S/C10H13N8O5P/c11-10-14-8-7(9(19)15-10)13-3-18(8)2-5-4(16-17-12)1-6(23-5)24(20,21)22/h3-6H,1-2H2,(H2,20,21,22)(H3,11,14,15,19)/t4-,5-,6-/m1/s1. The van der Waals surface area contributed by atoms with Gasteiger partial charge >= 0.3 is 7.60 Å². The largest absolute Gasteiger partial charge is 0.369 e. The fourth-order valence-corrected chi connectivity index (χ4v) is 3.38. The lowest BCUT2D eigenvalue weighted by Gasteiger charge is -2.16. The maximum atomic E-state index is 11.7. The summed E-state index contributed by atoms with van der Waals surface area (Å²) in [6.45, 7) is 0.0343. The molecule has 5 N–H and O–H groups in total. The molecule has 3 heterocycles. The molecule has 128 valence electrons. The smallest absolute Gasteiger partial charge is 0.354 e. The summed E-state index contributed by atoms with van der Waals surface area (Å²) in [5, 5.41) is 3.53.